The normalized spacial score (nSPS) is 27.8. The second kappa shape index (κ2) is 12.4. The van der Waals surface area contributed by atoms with Crippen LogP contribution in [0.15, 0.2) is 12.2 Å². The number of carboxylic acid groups (broad SMARTS) is 1. The smallest absolute Gasteiger partial charge is 0.327 e. The Bertz CT molecular complexity index is 396. The predicted octanol–water partition coefficient (Wildman–Crippen LogP) is 3.27. The molecule has 146 valence electrons. The van der Waals surface area contributed by atoms with Gasteiger partial charge in [0, 0.05) is 6.08 Å². The van der Waals surface area contributed by atoms with Crippen molar-refractivity contribution in [3.05, 3.63) is 12.2 Å². The van der Waals surface area contributed by atoms with Gasteiger partial charge in [0.1, 0.15) is 0 Å². The Balaban J connectivity index is 2.33. The minimum Gasteiger partial charge on any atom is -0.478 e. The minimum atomic E-state index is -0.924. The van der Waals surface area contributed by atoms with Gasteiger partial charge in [0.25, 0.3) is 0 Å². The maximum atomic E-state index is 10.4. The highest BCUT2D eigenvalue weighted by molar-refractivity contribution is 5.79. The fourth-order valence-electron chi connectivity index (χ4n) is 3.97. The fourth-order valence-corrected chi connectivity index (χ4v) is 3.97. The van der Waals surface area contributed by atoms with Crippen LogP contribution in [0.3, 0.4) is 0 Å². The molecule has 0 bridgehead atoms. The molecule has 0 aromatic carbocycles. The van der Waals surface area contributed by atoms with Crippen LogP contribution in [-0.2, 0) is 4.79 Å². The third kappa shape index (κ3) is 8.84. The van der Waals surface area contributed by atoms with Crippen LogP contribution in [0.1, 0.15) is 77.6 Å². The molecule has 0 unspecified atom stereocenters. The van der Waals surface area contributed by atoms with E-state index in [1.54, 1.807) is 6.08 Å². The molecule has 25 heavy (non-hydrogen) atoms. The van der Waals surface area contributed by atoms with Crippen molar-refractivity contribution in [3.8, 4) is 0 Å². The Labute approximate surface area is 151 Å². The van der Waals surface area contributed by atoms with E-state index in [4.69, 9.17) is 5.11 Å². The molecule has 1 rings (SSSR count). The molecule has 0 aliphatic heterocycles. The Morgan fingerprint density at radius 3 is 2.36 bits per heavy atom. The number of hydrogen-bond acceptors (Lipinski definition) is 4. The number of aliphatic carboxylic acids is 1. The number of hydrogen-bond donors (Lipinski definition) is 4. The third-order valence-corrected chi connectivity index (χ3v) is 5.41. The molecular formula is C20H36O5. The van der Waals surface area contributed by atoms with Crippen molar-refractivity contribution in [1.82, 2.24) is 0 Å². The van der Waals surface area contributed by atoms with E-state index < -0.39 is 18.2 Å². The predicted molar refractivity (Wildman–Crippen MR) is 98.2 cm³/mol. The van der Waals surface area contributed by atoms with Crippen molar-refractivity contribution in [2.45, 2.75) is 95.9 Å². The molecular weight excluding hydrogens is 320 g/mol. The molecule has 0 aromatic heterocycles. The van der Waals surface area contributed by atoms with Gasteiger partial charge >= 0.3 is 5.97 Å². The summed E-state index contributed by atoms with van der Waals surface area (Å²) in [5.41, 5.74) is 0. The highest BCUT2D eigenvalue weighted by Crippen LogP contribution is 2.39. The molecule has 0 amide bonds. The van der Waals surface area contributed by atoms with Crippen molar-refractivity contribution >= 4 is 5.97 Å². The molecule has 0 aromatic rings. The molecule has 0 spiro atoms. The van der Waals surface area contributed by atoms with E-state index in [0.29, 0.717) is 12.8 Å². The van der Waals surface area contributed by atoms with E-state index in [9.17, 15) is 20.1 Å². The van der Waals surface area contributed by atoms with Gasteiger partial charge in [-0.2, -0.15) is 0 Å². The minimum absolute atomic E-state index is 0.0605. The SMILES string of the molecule is CCCCC[C@H](O)CC[C@@H]1[C@@H](CCCCC=CC(=O)O)[C@@H](O)C[C@H]1O. The maximum Gasteiger partial charge on any atom is 0.327 e. The van der Waals surface area contributed by atoms with E-state index in [1.807, 2.05) is 0 Å². The first-order valence-electron chi connectivity index (χ1n) is 9.89. The maximum absolute atomic E-state index is 10.4. The van der Waals surface area contributed by atoms with Crippen molar-refractivity contribution in [1.29, 1.82) is 0 Å². The number of aliphatic hydroxyl groups is 3. The van der Waals surface area contributed by atoms with Crippen LogP contribution in [-0.4, -0.2) is 44.7 Å². The zero-order chi connectivity index (χ0) is 18.7. The molecule has 1 aliphatic rings. The number of allylic oxidation sites excluding steroid dienone is 1. The number of unbranched alkanes of at least 4 members (excludes halogenated alkanes) is 4. The third-order valence-electron chi connectivity index (χ3n) is 5.41. The Kier molecular flexibility index (Phi) is 11.0. The number of rotatable bonds is 13. The molecule has 1 fully saturated rings. The molecule has 5 atom stereocenters. The summed E-state index contributed by atoms with van der Waals surface area (Å²) < 4.78 is 0. The summed E-state index contributed by atoms with van der Waals surface area (Å²) in [7, 11) is 0. The average molecular weight is 357 g/mol. The molecule has 1 saturated carbocycles. The van der Waals surface area contributed by atoms with E-state index in [-0.39, 0.29) is 17.9 Å². The highest BCUT2D eigenvalue weighted by atomic mass is 16.4. The molecule has 5 nitrogen and oxygen atoms in total. The van der Waals surface area contributed by atoms with Crippen LogP contribution >= 0.6 is 0 Å². The van der Waals surface area contributed by atoms with Crippen LogP contribution in [0.4, 0.5) is 0 Å². The molecule has 0 heterocycles. The van der Waals surface area contributed by atoms with Gasteiger partial charge in [-0.1, -0.05) is 38.7 Å². The lowest BCUT2D eigenvalue weighted by Crippen LogP contribution is -2.24. The Hall–Kier alpha value is -0.910. The van der Waals surface area contributed by atoms with Gasteiger partial charge in [-0.25, -0.2) is 4.79 Å². The van der Waals surface area contributed by atoms with Crippen LogP contribution in [0.25, 0.3) is 0 Å². The highest BCUT2D eigenvalue weighted by Gasteiger charge is 2.40. The summed E-state index contributed by atoms with van der Waals surface area (Å²) in [5.74, 6) is -0.779. The standard InChI is InChI=1S/C20H36O5/c1-2-3-6-9-15(21)12-13-17-16(18(22)14-19(17)23)10-7-4-5-8-11-20(24)25/h8,11,15-19,21-23H,2-7,9-10,12-14H2,1H3,(H,24,25)/t15-,16+,17+,18-,19+/m0/s1. The van der Waals surface area contributed by atoms with E-state index in [2.05, 4.69) is 6.92 Å². The fraction of sp³-hybridized carbons (Fsp3) is 0.850. The largest absolute Gasteiger partial charge is 0.478 e. The molecule has 0 radical (unpaired) electrons. The monoisotopic (exact) mass is 356 g/mol. The van der Waals surface area contributed by atoms with Crippen LogP contribution in [0.5, 0.6) is 0 Å². The summed E-state index contributed by atoms with van der Waals surface area (Å²) in [6, 6.07) is 0. The van der Waals surface area contributed by atoms with Crippen LogP contribution in [0, 0.1) is 11.8 Å². The first kappa shape index (κ1) is 22.1. The first-order valence-corrected chi connectivity index (χ1v) is 9.89. The topological polar surface area (TPSA) is 98.0 Å². The summed E-state index contributed by atoms with van der Waals surface area (Å²) in [5, 5.41) is 39.1. The van der Waals surface area contributed by atoms with Gasteiger partial charge in [-0.3, -0.25) is 0 Å². The Morgan fingerprint density at radius 1 is 1.04 bits per heavy atom. The van der Waals surface area contributed by atoms with Crippen molar-refractivity contribution in [2.24, 2.45) is 11.8 Å². The summed E-state index contributed by atoms with van der Waals surface area (Å²) in [6.07, 6.45) is 11.0. The number of carbonyl (C=O) groups is 1. The molecule has 4 N–H and O–H groups in total. The molecule has 0 saturated heterocycles. The lowest BCUT2D eigenvalue weighted by atomic mass is 9.84. The van der Waals surface area contributed by atoms with Crippen LogP contribution in [0.2, 0.25) is 0 Å². The van der Waals surface area contributed by atoms with Gasteiger partial charge in [0.05, 0.1) is 18.3 Å². The van der Waals surface area contributed by atoms with E-state index in [1.165, 1.54) is 0 Å². The zero-order valence-electron chi connectivity index (χ0n) is 15.5. The van der Waals surface area contributed by atoms with Gasteiger partial charge in [0.2, 0.25) is 0 Å². The lowest BCUT2D eigenvalue weighted by molar-refractivity contribution is -0.131. The average Bonchev–Trinajstić information content (AvgIpc) is 2.82. The first-order chi connectivity index (χ1) is 12.0. The molecule has 1 aliphatic carbocycles. The van der Waals surface area contributed by atoms with Crippen molar-refractivity contribution in [3.63, 3.8) is 0 Å². The second-order valence-electron chi connectivity index (χ2n) is 7.45. The van der Waals surface area contributed by atoms with Gasteiger partial charge in [0.15, 0.2) is 0 Å². The van der Waals surface area contributed by atoms with E-state index in [0.717, 1.165) is 63.9 Å². The lowest BCUT2D eigenvalue weighted by Gasteiger charge is -2.24. The van der Waals surface area contributed by atoms with Crippen molar-refractivity contribution < 1.29 is 25.2 Å². The quantitative estimate of drug-likeness (QED) is 0.300. The second-order valence-corrected chi connectivity index (χ2v) is 7.45. The van der Waals surface area contributed by atoms with Crippen LogP contribution < -0.4 is 0 Å². The van der Waals surface area contributed by atoms with Gasteiger partial charge < -0.3 is 20.4 Å². The van der Waals surface area contributed by atoms with E-state index >= 15 is 0 Å². The summed E-state index contributed by atoms with van der Waals surface area (Å²) >= 11 is 0. The van der Waals surface area contributed by atoms with Gasteiger partial charge in [-0.15, -0.1) is 0 Å². The summed E-state index contributed by atoms with van der Waals surface area (Å²) in [4.78, 5) is 10.4. The van der Waals surface area contributed by atoms with Crippen molar-refractivity contribution in [2.75, 3.05) is 0 Å². The number of aliphatic hydroxyl groups excluding tert-OH is 3. The number of carboxylic acids is 1. The Morgan fingerprint density at radius 2 is 1.72 bits per heavy atom. The summed E-state index contributed by atoms with van der Waals surface area (Å²) in [6.45, 7) is 2.14. The van der Waals surface area contributed by atoms with Gasteiger partial charge in [-0.05, 0) is 56.8 Å². The zero-order valence-corrected chi connectivity index (χ0v) is 15.5. The molecule has 5 heteroatoms.